The second kappa shape index (κ2) is 7.45. The van der Waals surface area contributed by atoms with Crippen molar-refractivity contribution in [3.63, 3.8) is 0 Å². The van der Waals surface area contributed by atoms with Gasteiger partial charge in [0.25, 0.3) is 10.0 Å². The molecule has 1 atom stereocenters. The topological polar surface area (TPSA) is 54.5 Å². The number of carbonyl (C=O) groups is 1. The van der Waals surface area contributed by atoms with Gasteiger partial charge in [-0.15, -0.1) is 0 Å². The minimum absolute atomic E-state index is 0.0795. The van der Waals surface area contributed by atoms with Crippen molar-refractivity contribution in [3.05, 3.63) is 94.5 Å². The summed E-state index contributed by atoms with van der Waals surface area (Å²) in [6.07, 6.45) is 0.325. The number of hydrogen-bond donors (Lipinski definition) is 0. The van der Waals surface area contributed by atoms with Gasteiger partial charge in [-0.05, 0) is 55.7 Å². The lowest BCUT2D eigenvalue weighted by atomic mass is 9.85. The first kappa shape index (κ1) is 20.7. The van der Waals surface area contributed by atoms with Gasteiger partial charge in [0.1, 0.15) is 0 Å². The van der Waals surface area contributed by atoms with Gasteiger partial charge < -0.3 is 0 Å². The number of aryl methyl sites for hydroxylation is 3. The van der Waals surface area contributed by atoms with Crippen LogP contribution in [-0.2, 0) is 14.8 Å². The molecule has 162 valence electrons. The molecular formula is C27H25NO3S. The van der Waals surface area contributed by atoms with Gasteiger partial charge in [-0.3, -0.25) is 9.10 Å². The Balaban J connectivity index is 1.76. The molecule has 5 rings (SSSR count). The molecule has 3 aromatic rings. The highest BCUT2D eigenvalue weighted by Gasteiger charge is 2.43. The molecule has 1 aliphatic heterocycles. The molecule has 32 heavy (non-hydrogen) atoms. The summed E-state index contributed by atoms with van der Waals surface area (Å²) in [6.45, 7) is 6.16. The molecule has 2 aliphatic rings. The molecule has 0 radical (unpaired) electrons. The van der Waals surface area contributed by atoms with Crippen LogP contribution in [-0.4, -0.2) is 20.7 Å². The number of benzene rings is 3. The second-order valence-corrected chi connectivity index (χ2v) is 10.7. The second-order valence-electron chi connectivity index (χ2n) is 8.81. The Morgan fingerprint density at radius 3 is 2.25 bits per heavy atom. The first-order valence-electron chi connectivity index (χ1n) is 10.8. The van der Waals surface area contributed by atoms with Crippen molar-refractivity contribution in [2.45, 2.75) is 32.1 Å². The number of anilines is 1. The fourth-order valence-corrected chi connectivity index (χ4v) is 6.65. The first-order chi connectivity index (χ1) is 15.3. The van der Waals surface area contributed by atoms with Gasteiger partial charge >= 0.3 is 0 Å². The van der Waals surface area contributed by atoms with Gasteiger partial charge in [0.15, 0.2) is 5.78 Å². The third-order valence-electron chi connectivity index (χ3n) is 6.43. The molecule has 0 saturated carbocycles. The summed E-state index contributed by atoms with van der Waals surface area (Å²) in [6, 6.07) is 20.7. The Kier molecular flexibility index (Phi) is 4.82. The maximum atomic E-state index is 13.7. The molecule has 0 bridgehead atoms. The summed E-state index contributed by atoms with van der Waals surface area (Å²) >= 11 is 0. The standard InChI is InChI=1S/C27H25NO3S/c1-17-9-11-22(12-10-17)32(30,31)28-16-21-15-24(29)26(20-7-5-4-6-8-20)25(21)23-14-18(2)13-19(3)27(23)28/h4-14,21H,15-16H2,1-3H3/t21-/m0/s1. The molecular weight excluding hydrogens is 418 g/mol. The molecule has 1 aliphatic carbocycles. The third kappa shape index (κ3) is 3.19. The van der Waals surface area contributed by atoms with E-state index in [4.69, 9.17) is 0 Å². The van der Waals surface area contributed by atoms with Crippen LogP contribution in [0.5, 0.6) is 0 Å². The average molecular weight is 444 g/mol. The lowest BCUT2D eigenvalue weighted by Gasteiger charge is -2.36. The maximum Gasteiger partial charge on any atom is 0.264 e. The van der Waals surface area contributed by atoms with E-state index in [-0.39, 0.29) is 23.1 Å². The van der Waals surface area contributed by atoms with E-state index in [9.17, 15) is 13.2 Å². The Morgan fingerprint density at radius 2 is 1.56 bits per heavy atom. The van der Waals surface area contributed by atoms with Crippen molar-refractivity contribution in [1.29, 1.82) is 0 Å². The zero-order valence-corrected chi connectivity index (χ0v) is 19.2. The monoisotopic (exact) mass is 443 g/mol. The minimum atomic E-state index is -3.77. The van der Waals surface area contributed by atoms with Gasteiger partial charge in [-0.1, -0.05) is 59.7 Å². The molecule has 3 aromatic carbocycles. The van der Waals surface area contributed by atoms with Crippen LogP contribution in [0.4, 0.5) is 5.69 Å². The van der Waals surface area contributed by atoms with E-state index < -0.39 is 10.0 Å². The number of carbonyl (C=O) groups excluding carboxylic acids is 1. The summed E-state index contributed by atoms with van der Waals surface area (Å²) in [4.78, 5) is 13.4. The van der Waals surface area contributed by atoms with Gasteiger partial charge in [0.05, 0.1) is 10.6 Å². The Morgan fingerprint density at radius 1 is 0.875 bits per heavy atom. The summed E-state index contributed by atoms with van der Waals surface area (Å²) in [5, 5.41) is 0. The Bertz CT molecular complexity index is 1370. The summed E-state index contributed by atoms with van der Waals surface area (Å²) in [7, 11) is -3.77. The highest BCUT2D eigenvalue weighted by atomic mass is 32.2. The molecule has 0 spiro atoms. The van der Waals surface area contributed by atoms with E-state index in [0.717, 1.165) is 39.0 Å². The predicted octanol–water partition coefficient (Wildman–Crippen LogP) is 5.32. The van der Waals surface area contributed by atoms with Crippen LogP contribution in [0, 0.1) is 26.7 Å². The summed E-state index contributed by atoms with van der Waals surface area (Å²) in [5.41, 5.74) is 7.11. The smallest absolute Gasteiger partial charge is 0.264 e. The Hall–Kier alpha value is -3.18. The normalized spacial score (nSPS) is 18.0. The van der Waals surface area contributed by atoms with E-state index in [1.54, 1.807) is 12.1 Å². The zero-order valence-electron chi connectivity index (χ0n) is 18.4. The third-order valence-corrected chi connectivity index (χ3v) is 8.21. The number of hydrogen-bond acceptors (Lipinski definition) is 3. The maximum absolute atomic E-state index is 13.7. The lowest BCUT2D eigenvalue weighted by molar-refractivity contribution is -0.113. The number of rotatable bonds is 3. The van der Waals surface area contributed by atoms with Crippen LogP contribution in [0.15, 0.2) is 71.6 Å². The lowest BCUT2D eigenvalue weighted by Crippen LogP contribution is -2.39. The Labute approximate surface area is 189 Å². The zero-order chi connectivity index (χ0) is 22.6. The summed E-state index contributed by atoms with van der Waals surface area (Å²) in [5.74, 6) is -0.0810. The average Bonchev–Trinajstić information content (AvgIpc) is 3.10. The van der Waals surface area contributed by atoms with Crippen molar-refractivity contribution in [1.82, 2.24) is 0 Å². The molecule has 1 heterocycles. The van der Waals surface area contributed by atoms with Crippen molar-refractivity contribution < 1.29 is 13.2 Å². The van der Waals surface area contributed by atoms with Crippen LogP contribution < -0.4 is 4.31 Å². The number of allylic oxidation sites excluding steroid dienone is 1. The molecule has 0 fully saturated rings. The van der Waals surface area contributed by atoms with E-state index in [1.807, 2.05) is 75.4 Å². The molecule has 0 N–H and O–H groups in total. The molecule has 0 aromatic heterocycles. The van der Waals surface area contributed by atoms with Gasteiger partial charge in [0.2, 0.25) is 0 Å². The van der Waals surface area contributed by atoms with Crippen LogP contribution in [0.3, 0.4) is 0 Å². The number of sulfonamides is 1. The van der Waals surface area contributed by atoms with Gasteiger partial charge in [-0.2, -0.15) is 0 Å². The van der Waals surface area contributed by atoms with Gasteiger partial charge in [-0.25, -0.2) is 8.42 Å². The highest BCUT2D eigenvalue weighted by molar-refractivity contribution is 7.92. The van der Waals surface area contributed by atoms with Crippen molar-refractivity contribution in [3.8, 4) is 0 Å². The number of fused-ring (bicyclic) bond motifs is 3. The fraction of sp³-hybridized carbons (Fsp3) is 0.222. The number of nitrogens with zero attached hydrogens (tertiary/aromatic N) is 1. The van der Waals surface area contributed by atoms with E-state index >= 15 is 0 Å². The van der Waals surface area contributed by atoms with E-state index in [1.165, 1.54) is 4.31 Å². The first-order valence-corrected chi connectivity index (χ1v) is 12.2. The van der Waals surface area contributed by atoms with Crippen molar-refractivity contribution in [2.75, 3.05) is 10.8 Å². The van der Waals surface area contributed by atoms with Crippen LogP contribution in [0.2, 0.25) is 0 Å². The van der Waals surface area contributed by atoms with Gasteiger partial charge in [0, 0.05) is 30.0 Å². The molecule has 0 saturated heterocycles. The van der Waals surface area contributed by atoms with Crippen LogP contribution >= 0.6 is 0 Å². The number of ketones is 1. The largest absolute Gasteiger partial charge is 0.294 e. The predicted molar refractivity (Wildman–Crippen MR) is 128 cm³/mol. The highest BCUT2D eigenvalue weighted by Crippen LogP contribution is 2.50. The van der Waals surface area contributed by atoms with Crippen molar-refractivity contribution in [2.24, 2.45) is 5.92 Å². The fourth-order valence-electron chi connectivity index (χ4n) is 5.06. The van der Waals surface area contributed by atoms with E-state index in [0.29, 0.717) is 12.1 Å². The number of Topliss-reactive ketones (excluding diaryl/α,β-unsaturated/α-hetero) is 1. The van der Waals surface area contributed by atoms with Crippen LogP contribution in [0.25, 0.3) is 11.1 Å². The molecule has 5 heteroatoms. The van der Waals surface area contributed by atoms with E-state index in [2.05, 4.69) is 0 Å². The van der Waals surface area contributed by atoms with Crippen molar-refractivity contribution >= 4 is 32.6 Å². The quantitative estimate of drug-likeness (QED) is 0.550. The SMILES string of the molecule is Cc1ccc(S(=O)(=O)N2C[C@@H]3CC(=O)C(c4ccccc4)=C3c3cc(C)cc(C)c32)cc1. The van der Waals surface area contributed by atoms with Crippen LogP contribution in [0.1, 0.15) is 34.2 Å². The molecule has 0 amide bonds. The molecule has 0 unspecified atom stereocenters. The molecule has 4 nitrogen and oxygen atoms in total. The summed E-state index contributed by atoms with van der Waals surface area (Å²) < 4.78 is 29.0. The minimum Gasteiger partial charge on any atom is -0.294 e.